The zero-order valence-electron chi connectivity index (χ0n) is 17.8. The third kappa shape index (κ3) is 7.23. The average molecular weight is 469 g/mol. The van der Waals surface area contributed by atoms with Gasteiger partial charge >= 0.3 is 17.8 Å². The minimum Gasteiger partial charge on any atom is -0.354 e. The van der Waals surface area contributed by atoms with Gasteiger partial charge in [0.1, 0.15) is 6.23 Å². The number of carbonyl (C=O) groups is 2. The van der Waals surface area contributed by atoms with Crippen LogP contribution in [0.15, 0.2) is 16.1 Å². The summed E-state index contributed by atoms with van der Waals surface area (Å²) in [5, 5.41) is 7.48. The molecule has 1 saturated heterocycles. The van der Waals surface area contributed by atoms with E-state index in [0.29, 0.717) is 19.3 Å². The quantitative estimate of drug-likeness (QED) is 0.272. The molecule has 2 amide bonds. The van der Waals surface area contributed by atoms with Crippen LogP contribution < -0.4 is 16.3 Å². The van der Waals surface area contributed by atoms with Gasteiger partial charge in [-0.1, -0.05) is 23.9 Å². The van der Waals surface area contributed by atoms with Crippen molar-refractivity contribution in [1.82, 2.24) is 14.9 Å². The summed E-state index contributed by atoms with van der Waals surface area (Å²) in [4.78, 5) is 41.5. The summed E-state index contributed by atoms with van der Waals surface area (Å²) in [5.41, 5.74) is 7.80. The molecule has 1 aromatic rings. The normalized spacial score (nSPS) is 19.7. The van der Waals surface area contributed by atoms with E-state index >= 15 is 0 Å². The fourth-order valence-corrected chi connectivity index (χ4v) is 3.35. The highest BCUT2D eigenvalue weighted by atomic mass is 19.4. The predicted octanol–water partition coefficient (Wildman–Crippen LogP) is 2.25. The number of aromatic nitrogens is 2. The van der Waals surface area contributed by atoms with Crippen LogP contribution in [0.3, 0.4) is 0 Å². The van der Waals surface area contributed by atoms with Gasteiger partial charge in [0.25, 0.3) is 0 Å². The maximum Gasteiger partial charge on any atom is 0.471 e. The van der Waals surface area contributed by atoms with Gasteiger partial charge in [-0.3, -0.25) is 14.2 Å². The molecule has 2 heterocycles. The molecule has 3 unspecified atom stereocenters. The molecule has 1 aliphatic rings. The molecule has 0 aliphatic carbocycles. The number of azide groups is 1. The molecule has 14 heteroatoms. The van der Waals surface area contributed by atoms with Crippen LogP contribution in [0.4, 0.5) is 19.0 Å². The van der Waals surface area contributed by atoms with E-state index in [4.69, 9.17) is 10.3 Å². The highest BCUT2D eigenvalue weighted by molar-refractivity contribution is 5.88. The van der Waals surface area contributed by atoms with Crippen LogP contribution in [0, 0.1) is 17.8 Å². The smallest absolute Gasteiger partial charge is 0.354 e. The number of ether oxygens (including phenoxy) is 1. The van der Waals surface area contributed by atoms with Crippen molar-refractivity contribution in [2.45, 2.75) is 51.6 Å². The van der Waals surface area contributed by atoms with Gasteiger partial charge < -0.3 is 15.4 Å². The summed E-state index contributed by atoms with van der Waals surface area (Å²) in [6.45, 7) is 2.77. The molecule has 0 radical (unpaired) electrons. The number of rotatable bonds is 7. The first-order valence-corrected chi connectivity index (χ1v) is 9.97. The SMILES string of the molecule is CCC1OC(n2cc(C#CCNC(=O)C(F)(F)F)c(NC(C)=O)nc2=O)CC1CCN=[N+]=[N-]. The van der Waals surface area contributed by atoms with Gasteiger partial charge in [-0.05, 0) is 30.7 Å². The topological polar surface area (TPSA) is 151 Å². The molecule has 33 heavy (non-hydrogen) atoms. The molecular weight excluding hydrogens is 447 g/mol. The van der Waals surface area contributed by atoms with Crippen molar-refractivity contribution >= 4 is 17.6 Å². The Balaban J connectivity index is 2.29. The lowest BCUT2D eigenvalue weighted by atomic mass is 9.95. The van der Waals surface area contributed by atoms with Crippen LogP contribution in [0.2, 0.25) is 0 Å². The molecule has 11 nitrogen and oxygen atoms in total. The third-order valence-electron chi connectivity index (χ3n) is 4.80. The molecule has 2 N–H and O–H groups in total. The fourth-order valence-electron chi connectivity index (χ4n) is 3.35. The van der Waals surface area contributed by atoms with Crippen LogP contribution >= 0.6 is 0 Å². The minimum atomic E-state index is -5.04. The summed E-state index contributed by atoms with van der Waals surface area (Å²) in [7, 11) is 0. The van der Waals surface area contributed by atoms with E-state index in [-0.39, 0.29) is 29.9 Å². The second-order valence-electron chi connectivity index (χ2n) is 7.13. The van der Waals surface area contributed by atoms with Crippen LogP contribution in [0.25, 0.3) is 10.4 Å². The summed E-state index contributed by atoms with van der Waals surface area (Å²) in [6, 6.07) is 0. The molecule has 178 valence electrons. The van der Waals surface area contributed by atoms with E-state index in [1.807, 2.05) is 6.92 Å². The van der Waals surface area contributed by atoms with Crippen molar-refractivity contribution in [3.8, 4) is 11.8 Å². The summed E-state index contributed by atoms with van der Waals surface area (Å²) >= 11 is 0. The fraction of sp³-hybridized carbons (Fsp3) is 0.579. The Kier molecular flexibility index (Phi) is 8.84. The number of hydrogen-bond donors (Lipinski definition) is 2. The molecule has 1 aliphatic heterocycles. The minimum absolute atomic E-state index is 0.0273. The third-order valence-corrected chi connectivity index (χ3v) is 4.80. The van der Waals surface area contributed by atoms with Crippen molar-refractivity contribution in [3.05, 3.63) is 32.7 Å². The first kappa shape index (κ1) is 25.7. The number of halogens is 3. The summed E-state index contributed by atoms with van der Waals surface area (Å²) < 4.78 is 44.0. The Morgan fingerprint density at radius 2 is 2.18 bits per heavy atom. The summed E-state index contributed by atoms with van der Waals surface area (Å²) in [5.74, 6) is 2.05. The monoisotopic (exact) mass is 469 g/mol. The standard InChI is InChI=1S/C19H22F3N7O4/c1-3-14-12(6-8-25-28-23)9-15(33-14)29-10-13(16(26-11(2)30)27-18(29)32)5-4-7-24-17(31)19(20,21)22/h10,12,14-15H,3,6-9H2,1-2H3,(H,24,31)(H,26,27,30,32). The number of nitrogens with zero attached hydrogens (tertiary/aromatic N) is 5. The summed E-state index contributed by atoms with van der Waals surface area (Å²) in [6.07, 6.45) is -2.95. The number of alkyl halides is 3. The Morgan fingerprint density at radius 1 is 1.45 bits per heavy atom. The lowest BCUT2D eigenvalue weighted by molar-refractivity contribution is -0.173. The molecule has 1 fully saturated rings. The van der Waals surface area contributed by atoms with Gasteiger partial charge in [0.2, 0.25) is 5.91 Å². The van der Waals surface area contributed by atoms with Crippen LogP contribution in [-0.4, -0.2) is 46.7 Å². The number of hydrogen-bond acceptors (Lipinski definition) is 6. The van der Waals surface area contributed by atoms with Gasteiger partial charge in [0.15, 0.2) is 5.82 Å². The first-order valence-electron chi connectivity index (χ1n) is 9.97. The molecule has 0 aromatic carbocycles. The number of anilines is 1. The Labute approximate surface area is 186 Å². The zero-order valence-corrected chi connectivity index (χ0v) is 17.8. The second kappa shape index (κ2) is 11.3. The van der Waals surface area contributed by atoms with Crippen molar-refractivity contribution in [2.75, 3.05) is 18.4 Å². The van der Waals surface area contributed by atoms with Gasteiger partial charge in [0, 0.05) is 24.6 Å². The van der Waals surface area contributed by atoms with E-state index in [0.717, 1.165) is 0 Å². The van der Waals surface area contributed by atoms with Gasteiger partial charge in [-0.2, -0.15) is 18.2 Å². The van der Waals surface area contributed by atoms with Gasteiger partial charge in [-0.25, -0.2) is 4.79 Å². The number of amides is 2. The maximum atomic E-state index is 12.6. The van der Waals surface area contributed by atoms with E-state index in [2.05, 4.69) is 32.2 Å². The number of carbonyl (C=O) groups excluding carboxylic acids is 2. The Morgan fingerprint density at radius 3 is 2.79 bits per heavy atom. The van der Waals surface area contributed by atoms with Crippen molar-refractivity contribution in [3.63, 3.8) is 0 Å². The van der Waals surface area contributed by atoms with Gasteiger partial charge in [-0.15, -0.1) is 0 Å². The largest absolute Gasteiger partial charge is 0.471 e. The van der Waals surface area contributed by atoms with Gasteiger partial charge in [0.05, 0.1) is 18.2 Å². The zero-order chi connectivity index (χ0) is 24.6. The second-order valence-corrected chi connectivity index (χ2v) is 7.13. The Bertz CT molecular complexity index is 1050. The van der Waals surface area contributed by atoms with Crippen molar-refractivity contribution in [1.29, 1.82) is 0 Å². The lowest BCUT2D eigenvalue weighted by Gasteiger charge is -2.16. The highest BCUT2D eigenvalue weighted by Gasteiger charge is 2.38. The molecule has 0 bridgehead atoms. The van der Waals surface area contributed by atoms with Crippen LogP contribution in [-0.2, 0) is 14.3 Å². The van der Waals surface area contributed by atoms with Crippen molar-refractivity contribution < 1.29 is 27.5 Å². The van der Waals surface area contributed by atoms with E-state index in [1.165, 1.54) is 17.7 Å². The molecule has 3 atom stereocenters. The highest BCUT2D eigenvalue weighted by Crippen LogP contribution is 2.36. The van der Waals surface area contributed by atoms with Crippen molar-refractivity contribution in [2.24, 2.45) is 11.0 Å². The maximum absolute atomic E-state index is 12.6. The average Bonchev–Trinajstić information content (AvgIpc) is 3.14. The predicted molar refractivity (Wildman–Crippen MR) is 110 cm³/mol. The molecule has 0 spiro atoms. The molecule has 0 saturated carbocycles. The Hall–Kier alpha value is -3.56. The van der Waals surface area contributed by atoms with E-state index in [9.17, 15) is 27.6 Å². The lowest BCUT2D eigenvalue weighted by Crippen LogP contribution is -2.36. The first-order chi connectivity index (χ1) is 15.6. The van der Waals surface area contributed by atoms with E-state index in [1.54, 1.807) is 5.32 Å². The molecular formula is C19H22F3N7O4. The number of nitrogens with one attached hydrogen (secondary N) is 2. The molecule has 2 rings (SSSR count). The van der Waals surface area contributed by atoms with Crippen LogP contribution in [0.1, 0.15) is 44.9 Å². The van der Waals surface area contributed by atoms with E-state index < -0.39 is 36.5 Å². The van der Waals surface area contributed by atoms with Crippen LogP contribution in [0.5, 0.6) is 0 Å². The molecule has 1 aromatic heterocycles.